The Morgan fingerprint density at radius 1 is 1.53 bits per heavy atom. The second kappa shape index (κ2) is 4.58. The van der Waals surface area contributed by atoms with E-state index in [1.165, 1.54) is 18.5 Å². The first-order chi connectivity index (χ1) is 8.31. The number of imidazole rings is 1. The maximum Gasteiger partial charge on any atom is 0.113 e. The lowest BCUT2D eigenvalue weighted by molar-refractivity contribution is 0.633. The van der Waals surface area contributed by atoms with Gasteiger partial charge < -0.3 is 9.88 Å². The van der Waals surface area contributed by atoms with Crippen molar-refractivity contribution in [2.75, 3.05) is 0 Å². The third kappa shape index (κ3) is 2.73. The number of aromatic nitrogens is 3. The van der Waals surface area contributed by atoms with Gasteiger partial charge in [0, 0.05) is 29.9 Å². The maximum absolute atomic E-state index is 4.48. The Balaban J connectivity index is 1.67. The molecular formula is C12H16N4S. The summed E-state index contributed by atoms with van der Waals surface area (Å²) in [5, 5.41) is 6.75. The maximum atomic E-state index is 4.48. The van der Waals surface area contributed by atoms with Gasteiger partial charge in [-0.1, -0.05) is 0 Å². The fourth-order valence-electron chi connectivity index (χ4n) is 1.80. The molecule has 17 heavy (non-hydrogen) atoms. The Hall–Kier alpha value is -1.20. The number of hydrogen-bond donors (Lipinski definition) is 1. The van der Waals surface area contributed by atoms with Gasteiger partial charge in [0.15, 0.2) is 0 Å². The van der Waals surface area contributed by atoms with E-state index in [1.54, 1.807) is 11.3 Å². The Kier molecular flexibility index (Phi) is 2.94. The largest absolute Gasteiger partial charge is 0.326 e. The molecule has 0 radical (unpaired) electrons. The molecule has 2 heterocycles. The molecule has 0 bridgehead atoms. The van der Waals surface area contributed by atoms with Gasteiger partial charge in [-0.2, -0.15) is 0 Å². The first-order valence-corrected chi connectivity index (χ1v) is 6.82. The summed E-state index contributed by atoms with van der Waals surface area (Å²) in [6.45, 7) is 3.78. The molecule has 0 amide bonds. The summed E-state index contributed by atoms with van der Waals surface area (Å²) in [4.78, 5) is 8.71. The average molecular weight is 248 g/mol. The van der Waals surface area contributed by atoms with Crippen LogP contribution in [-0.4, -0.2) is 20.6 Å². The highest BCUT2D eigenvalue weighted by molar-refractivity contribution is 7.09. The number of hydrogen-bond acceptors (Lipinski definition) is 4. The van der Waals surface area contributed by atoms with Gasteiger partial charge in [0.2, 0.25) is 0 Å². The molecule has 1 saturated carbocycles. The highest BCUT2D eigenvalue weighted by Crippen LogP contribution is 2.19. The molecule has 0 spiro atoms. The van der Waals surface area contributed by atoms with Crippen molar-refractivity contribution < 1.29 is 0 Å². The molecule has 0 aromatic carbocycles. The molecule has 3 rings (SSSR count). The lowest BCUT2D eigenvalue weighted by Gasteiger charge is -2.06. The van der Waals surface area contributed by atoms with Crippen LogP contribution < -0.4 is 5.32 Å². The summed E-state index contributed by atoms with van der Waals surface area (Å²) in [6.07, 6.45) is 6.47. The Bertz CT molecular complexity index is 498. The standard InChI is InChI=1S/C12H16N4S/c1-9-7-17-12(15-9)6-16-8-13-4-11(16)5-14-10-2-3-10/h4,7-8,10,14H,2-3,5-6H2,1H3. The van der Waals surface area contributed by atoms with Crippen molar-refractivity contribution in [2.24, 2.45) is 0 Å². The third-order valence-electron chi connectivity index (χ3n) is 2.92. The number of nitrogens with one attached hydrogen (secondary N) is 1. The highest BCUT2D eigenvalue weighted by Gasteiger charge is 2.20. The predicted molar refractivity (Wildman–Crippen MR) is 68.0 cm³/mol. The van der Waals surface area contributed by atoms with Crippen LogP contribution >= 0.6 is 11.3 Å². The van der Waals surface area contributed by atoms with E-state index in [9.17, 15) is 0 Å². The van der Waals surface area contributed by atoms with Gasteiger partial charge in [-0.25, -0.2) is 9.97 Å². The lowest BCUT2D eigenvalue weighted by Crippen LogP contribution is -2.18. The van der Waals surface area contributed by atoms with Crippen molar-refractivity contribution in [3.8, 4) is 0 Å². The van der Waals surface area contributed by atoms with E-state index in [2.05, 4.69) is 25.2 Å². The van der Waals surface area contributed by atoms with Crippen LogP contribution in [0.25, 0.3) is 0 Å². The van der Waals surface area contributed by atoms with Gasteiger partial charge in [0.05, 0.1) is 18.6 Å². The van der Waals surface area contributed by atoms with E-state index in [1.807, 2.05) is 19.4 Å². The van der Waals surface area contributed by atoms with E-state index >= 15 is 0 Å². The molecule has 4 nitrogen and oxygen atoms in total. The van der Waals surface area contributed by atoms with Gasteiger partial charge in [0.25, 0.3) is 0 Å². The zero-order valence-electron chi connectivity index (χ0n) is 9.89. The van der Waals surface area contributed by atoms with Crippen LogP contribution in [-0.2, 0) is 13.1 Å². The van der Waals surface area contributed by atoms with Crippen LogP contribution in [0.5, 0.6) is 0 Å². The molecule has 1 fully saturated rings. The molecule has 2 aromatic rings. The number of nitrogens with zero attached hydrogens (tertiary/aromatic N) is 3. The summed E-state index contributed by atoms with van der Waals surface area (Å²) in [6, 6.07) is 0.737. The smallest absolute Gasteiger partial charge is 0.113 e. The highest BCUT2D eigenvalue weighted by atomic mass is 32.1. The van der Waals surface area contributed by atoms with Gasteiger partial charge in [0.1, 0.15) is 5.01 Å². The van der Waals surface area contributed by atoms with Crippen LogP contribution in [0.4, 0.5) is 0 Å². The second-order valence-electron chi connectivity index (χ2n) is 4.55. The summed E-state index contributed by atoms with van der Waals surface area (Å²) in [5.74, 6) is 0. The van der Waals surface area contributed by atoms with E-state index in [4.69, 9.17) is 0 Å². The van der Waals surface area contributed by atoms with E-state index in [0.717, 1.165) is 29.8 Å². The van der Waals surface area contributed by atoms with Crippen molar-refractivity contribution in [2.45, 2.75) is 38.9 Å². The SMILES string of the molecule is Cc1csc(Cn2cncc2CNC2CC2)n1. The molecular weight excluding hydrogens is 232 g/mol. The molecule has 0 aliphatic heterocycles. The zero-order chi connectivity index (χ0) is 11.7. The van der Waals surface area contributed by atoms with Crippen molar-refractivity contribution >= 4 is 11.3 Å². The Morgan fingerprint density at radius 2 is 2.41 bits per heavy atom. The monoisotopic (exact) mass is 248 g/mol. The fraction of sp³-hybridized carbons (Fsp3) is 0.500. The average Bonchev–Trinajstić information content (AvgIpc) is 2.90. The number of thiazole rings is 1. The predicted octanol–water partition coefficient (Wildman–Crippen LogP) is 1.95. The molecule has 0 atom stereocenters. The number of aryl methyl sites for hydroxylation is 1. The van der Waals surface area contributed by atoms with Gasteiger partial charge in [-0.15, -0.1) is 11.3 Å². The molecule has 2 aromatic heterocycles. The number of rotatable bonds is 5. The first kappa shape index (κ1) is 10.9. The first-order valence-electron chi connectivity index (χ1n) is 5.94. The zero-order valence-corrected chi connectivity index (χ0v) is 10.7. The Morgan fingerprint density at radius 3 is 3.12 bits per heavy atom. The van der Waals surface area contributed by atoms with Crippen LogP contribution in [0.2, 0.25) is 0 Å². The molecule has 1 aliphatic rings. The van der Waals surface area contributed by atoms with Crippen molar-refractivity contribution in [3.05, 3.63) is 34.3 Å². The molecule has 5 heteroatoms. The summed E-state index contributed by atoms with van der Waals surface area (Å²) in [5.41, 5.74) is 2.34. The van der Waals surface area contributed by atoms with Crippen LogP contribution in [0.1, 0.15) is 29.2 Å². The van der Waals surface area contributed by atoms with Crippen molar-refractivity contribution in [1.29, 1.82) is 0 Å². The third-order valence-corrected chi connectivity index (χ3v) is 3.87. The normalized spacial score (nSPS) is 15.4. The quantitative estimate of drug-likeness (QED) is 0.879. The molecule has 1 aliphatic carbocycles. The van der Waals surface area contributed by atoms with E-state index in [0.29, 0.717) is 0 Å². The van der Waals surface area contributed by atoms with Gasteiger partial charge in [-0.05, 0) is 19.8 Å². The summed E-state index contributed by atoms with van der Waals surface area (Å²) >= 11 is 1.71. The Labute approximate surface area is 105 Å². The molecule has 1 N–H and O–H groups in total. The van der Waals surface area contributed by atoms with Crippen molar-refractivity contribution in [1.82, 2.24) is 19.9 Å². The molecule has 0 unspecified atom stereocenters. The van der Waals surface area contributed by atoms with Crippen LogP contribution in [0.3, 0.4) is 0 Å². The lowest BCUT2D eigenvalue weighted by atomic mass is 10.4. The summed E-state index contributed by atoms with van der Waals surface area (Å²) in [7, 11) is 0. The van der Waals surface area contributed by atoms with Gasteiger partial charge in [-0.3, -0.25) is 0 Å². The minimum atomic E-state index is 0.737. The molecule has 90 valence electrons. The topological polar surface area (TPSA) is 42.7 Å². The van der Waals surface area contributed by atoms with Crippen LogP contribution in [0.15, 0.2) is 17.9 Å². The summed E-state index contributed by atoms with van der Waals surface area (Å²) < 4.78 is 2.17. The van der Waals surface area contributed by atoms with Gasteiger partial charge >= 0.3 is 0 Å². The second-order valence-corrected chi connectivity index (χ2v) is 5.49. The van der Waals surface area contributed by atoms with Crippen molar-refractivity contribution in [3.63, 3.8) is 0 Å². The minimum absolute atomic E-state index is 0.737. The fourth-order valence-corrected chi connectivity index (χ4v) is 2.56. The minimum Gasteiger partial charge on any atom is -0.326 e. The van der Waals surface area contributed by atoms with Crippen LogP contribution in [0, 0.1) is 6.92 Å². The molecule has 0 saturated heterocycles. The van der Waals surface area contributed by atoms with E-state index in [-0.39, 0.29) is 0 Å². The van der Waals surface area contributed by atoms with E-state index < -0.39 is 0 Å².